The zero-order chi connectivity index (χ0) is 20.1. The lowest BCUT2D eigenvalue weighted by Gasteiger charge is -2.40. The molecule has 0 radical (unpaired) electrons. The van der Waals surface area contributed by atoms with Crippen molar-refractivity contribution in [3.05, 3.63) is 70.9 Å². The van der Waals surface area contributed by atoms with E-state index in [0.717, 1.165) is 50.9 Å². The summed E-state index contributed by atoms with van der Waals surface area (Å²) in [7, 11) is 0. The van der Waals surface area contributed by atoms with E-state index >= 15 is 0 Å². The van der Waals surface area contributed by atoms with Gasteiger partial charge in [-0.05, 0) is 60.9 Å². The standard InChI is InChI=1S/C27H32N2O/c30-27(14-5-2-6-15-27)21-12-13-24-23(18-21)22-10-7-11-25-26(22)29(24)17-16-28(25)19-20-8-3-1-4-9-20/h1,3-4,8-9,12-13,18,25,30H,2,5-7,10-11,14-17,19H2/t25-/m1/s1. The zero-order valence-electron chi connectivity index (χ0n) is 17.8. The molecule has 1 fully saturated rings. The number of fused-ring (bicyclic) bond motifs is 3. The van der Waals surface area contributed by atoms with Crippen LogP contribution in [0.1, 0.15) is 73.4 Å². The maximum atomic E-state index is 11.3. The Morgan fingerprint density at radius 2 is 1.77 bits per heavy atom. The number of rotatable bonds is 3. The summed E-state index contributed by atoms with van der Waals surface area (Å²) in [6.45, 7) is 3.22. The Balaban J connectivity index is 1.41. The molecule has 3 aliphatic rings. The number of hydrogen-bond acceptors (Lipinski definition) is 2. The van der Waals surface area contributed by atoms with Crippen LogP contribution in [0.3, 0.4) is 0 Å². The highest BCUT2D eigenvalue weighted by Crippen LogP contribution is 2.45. The second kappa shape index (κ2) is 7.25. The van der Waals surface area contributed by atoms with Crippen LogP contribution in [-0.2, 0) is 25.1 Å². The molecule has 2 aromatic carbocycles. The van der Waals surface area contributed by atoms with Gasteiger partial charge in [0.05, 0.1) is 11.6 Å². The summed E-state index contributed by atoms with van der Waals surface area (Å²) < 4.78 is 2.60. The number of hydrogen-bond donors (Lipinski definition) is 1. The Bertz CT molecular complexity index is 1060. The summed E-state index contributed by atoms with van der Waals surface area (Å²) >= 11 is 0. The predicted octanol–water partition coefficient (Wildman–Crippen LogP) is 5.69. The van der Waals surface area contributed by atoms with Crippen molar-refractivity contribution in [1.29, 1.82) is 0 Å². The minimum Gasteiger partial charge on any atom is -0.385 e. The number of aliphatic hydroxyl groups is 1. The fraction of sp³-hybridized carbons (Fsp3) is 0.481. The third-order valence-corrected chi connectivity index (χ3v) is 7.93. The molecule has 1 aliphatic heterocycles. The number of aromatic nitrogens is 1. The first-order valence-corrected chi connectivity index (χ1v) is 11.9. The van der Waals surface area contributed by atoms with Gasteiger partial charge in [-0.3, -0.25) is 4.90 Å². The third kappa shape index (κ3) is 2.94. The van der Waals surface area contributed by atoms with Gasteiger partial charge in [0.2, 0.25) is 0 Å². The lowest BCUT2D eigenvalue weighted by Crippen LogP contribution is -2.39. The van der Waals surface area contributed by atoms with Crippen LogP contribution in [0.15, 0.2) is 48.5 Å². The minimum atomic E-state index is -0.616. The summed E-state index contributed by atoms with van der Waals surface area (Å²) in [6.07, 6.45) is 9.06. The van der Waals surface area contributed by atoms with Crippen LogP contribution in [-0.4, -0.2) is 21.1 Å². The second-order valence-corrected chi connectivity index (χ2v) is 9.70. The lowest BCUT2D eigenvalue weighted by atomic mass is 9.79. The van der Waals surface area contributed by atoms with Crippen molar-refractivity contribution in [1.82, 2.24) is 9.47 Å². The topological polar surface area (TPSA) is 28.4 Å². The molecule has 2 aliphatic carbocycles. The molecule has 0 unspecified atom stereocenters. The molecule has 0 saturated heterocycles. The van der Waals surface area contributed by atoms with Gasteiger partial charge in [0.1, 0.15) is 0 Å². The van der Waals surface area contributed by atoms with Gasteiger partial charge in [0.25, 0.3) is 0 Å². The van der Waals surface area contributed by atoms with E-state index in [1.165, 1.54) is 42.1 Å². The molecular formula is C27H32N2O. The summed E-state index contributed by atoms with van der Waals surface area (Å²) in [5.74, 6) is 0. The van der Waals surface area contributed by atoms with Crippen LogP contribution in [0.25, 0.3) is 10.9 Å². The summed E-state index contributed by atoms with van der Waals surface area (Å²) in [6, 6.07) is 18.3. The molecule has 0 spiro atoms. The first-order valence-electron chi connectivity index (χ1n) is 11.9. The zero-order valence-corrected chi connectivity index (χ0v) is 17.8. The average molecular weight is 401 g/mol. The number of benzene rings is 2. The van der Waals surface area contributed by atoms with E-state index in [0.29, 0.717) is 6.04 Å². The van der Waals surface area contributed by atoms with Gasteiger partial charge < -0.3 is 9.67 Å². The fourth-order valence-corrected chi connectivity index (χ4v) is 6.40. The van der Waals surface area contributed by atoms with E-state index in [1.54, 1.807) is 11.3 Å². The van der Waals surface area contributed by atoms with Crippen molar-refractivity contribution < 1.29 is 5.11 Å². The van der Waals surface area contributed by atoms with Crippen molar-refractivity contribution in [3.63, 3.8) is 0 Å². The molecule has 6 rings (SSSR count). The third-order valence-electron chi connectivity index (χ3n) is 7.93. The van der Waals surface area contributed by atoms with Crippen molar-refractivity contribution in [2.24, 2.45) is 0 Å². The first kappa shape index (κ1) is 18.7. The molecule has 156 valence electrons. The van der Waals surface area contributed by atoms with Crippen molar-refractivity contribution in [2.45, 2.75) is 76.1 Å². The minimum absolute atomic E-state index is 0.524. The van der Waals surface area contributed by atoms with E-state index in [4.69, 9.17) is 0 Å². The smallest absolute Gasteiger partial charge is 0.0896 e. The molecule has 30 heavy (non-hydrogen) atoms. The van der Waals surface area contributed by atoms with Gasteiger partial charge in [-0.1, -0.05) is 55.7 Å². The van der Waals surface area contributed by atoms with E-state index in [2.05, 4.69) is 58.0 Å². The van der Waals surface area contributed by atoms with Crippen molar-refractivity contribution >= 4 is 10.9 Å². The maximum absolute atomic E-state index is 11.3. The summed E-state index contributed by atoms with van der Waals surface area (Å²) in [5.41, 5.74) is 6.45. The van der Waals surface area contributed by atoms with Crippen molar-refractivity contribution in [3.8, 4) is 0 Å². The Labute approximate surface area is 179 Å². The molecule has 2 heterocycles. The SMILES string of the molecule is OC1(c2ccc3c(c2)c2c4n3CCN(Cc3ccccc3)[C@@H]4CCC2)CCCCC1. The Hall–Kier alpha value is -2.10. The van der Waals surface area contributed by atoms with E-state index < -0.39 is 5.60 Å². The highest BCUT2D eigenvalue weighted by Gasteiger charge is 2.36. The van der Waals surface area contributed by atoms with Gasteiger partial charge >= 0.3 is 0 Å². The molecular weight excluding hydrogens is 368 g/mol. The van der Waals surface area contributed by atoms with E-state index in [-0.39, 0.29) is 0 Å². The maximum Gasteiger partial charge on any atom is 0.0896 e. The highest BCUT2D eigenvalue weighted by molar-refractivity contribution is 5.87. The fourth-order valence-electron chi connectivity index (χ4n) is 6.40. The van der Waals surface area contributed by atoms with Gasteiger partial charge in [-0.15, -0.1) is 0 Å². The molecule has 1 saturated carbocycles. The van der Waals surface area contributed by atoms with E-state index in [9.17, 15) is 5.11 Å². The normalized spacial score (nSPS) is 23.4. The molecule has 3 nitrogen and oxygen atoms in total. The Morgan fingerprint density at radius 3 is 2.60 bits per heavy atom. The van der Waals surface area contributed by atoms with Crippen LogP contribution in [0.2, 0.25) is 0 Å². The van der Waals surface area contributed by atoms with E-state index in [1.807, 2.05) is 0 Å². The Kier molecular flexibility index (Phi) is 4.51. The monoisotopic (exact) mass is 400 g/mol. The molecule has 3 heteroatoms. The highest BCUT2D eigenvalue weighted by atomic mass is 16.3. The quantitative estimate of drug-likeness (QED) is 0.612. The number of nitrogens with zero attached hydrogens (tertiary/aromatic N) is 2. The second-order valence-electron chi connectivity index (χ2n) is 9.70. The van der Waals surface area contributed by atoms with Gasteiger partial charge in [0, 0.05) is 36.2 Å². The number of aryl methyl sites for hydroxylation is 1. The lowest BCUT2D eigenvalue weighted by molar-refractivity contribution is -0.000511. The van der Waals surface area contributed by atoms with Crippen LogP contribution in [0.4, 0.5) is 0 Å². The summed E-state index contributed by atoms with van der Waals surface area (Å²) in [4.78, 5) is 2.70. The van der Waals surface area contributed by atoms with Crippen molar-refractivity contribution in [2.75, 3.05) is 6.54 Å². The summed E-state index contributed by atoms with van der Waals surface area (Å²) in [5, 5.41) is 12.7. The van der Waals surface area contributed by atoms with Crippen LogP contribution < -0.4 is 0 Å². The van der Waals surface area contributed by atoms with Gasteiger partial charge in [0.15, 0.2) is 0 Å². The molecule has 0 amide bonds. The predicted molar refractivity (Wildman–Crippen MR) is 121 cm³/mol. The van der Waals surface area contributed by atoms with Gasteiger partial charge in [-0.2, -0.15) is 0 Å². The molecule has 0 bridgehead atoms. The molecule has 3 aromatic rings. The molecule has 1 N–H and O–H groups in total. The first-order chi connectivity index (χ1) is 14.7. The molecule has 1 aromatic heterocycles. The molecule has 1 atom stereocenters. The van der Waals surface area contributed by atoms with Crippen LogP contribution in [0.5, 0.6) is 0 Å². The average Bonchev–Trinajstić information content (AvgIpc) is 3.12. The van der Waals surface area contributed by atoms with Gasteiger partial charge in [-0.25, -0.2) is 0 Å². The largest absolute Gasteiger partial charge is 0.385 e. The Morgan fingerprint density at radius 1 is 0.933 bits per heavy atom. The van der Waals surface area contributed by atoms with Crippen LogP contribution >= 0.6 is 0 Å². The van der Waals surface area contributed by atoms with Crippen LogP contribution in [0, 0.1) is 0 Å².